The molecule has 140 valence electrons. The van der Waals surface area contributed by atoms with Gasteiger partial charge in [0.15, 0.2) is 0 Å². The van der Waals surface area contributed by atoms with Gasteiger partial charge < -0.3 is 4.90 Å². The first-order valence-electron chi connectivity index (χ1n) is 8.70. The highest BCUT2D eigenvalue weighted by Gasteiger charge is 2.30. The van der Waals surface area contributed by atoms with Gasteiger partial charge in [0.1, 0.15) is 6.04 Å². The highest BCUT2D eigenvalue weighted by atomic mass is 32.2. The molecule has 1 amide bonds. The van der Waals surface area contributed by atoms with E-state index in [9.17, 15) is 13.2 Å². The molecule has 1 saturated heterocycles. The van der Waals surface area contributed by atoms with E-state index in [1.165, 1.54) is 0 Å². The number of likely N-dealkylation sites (tertiary alicyclic amines) is 1. The van der Waals surface area contributed by atoms with Gasteiger partial charge in [-0.25, -0.2) is 8.42 Å². The molecular weight excluding hydrogens is 356 g/mol. The number of piperidine rings is 1. The third kappa shape index (κ3) is 5.72. The monoisotopic (exact) mass is 384 g/mol. The lowest BCUT2D eigenvalue weighted by molar-refractivity contribution is -0.134. The Kier molecular flexibility index (Phi) is 7.34. The standard InChI is InChI=1S/C18H28N2O3S2/c1-14-4-6-16(7-5-14)25(22,23)19-17(10-13-24-3)18(21)20-11-8-15(2)9-12-20/h4-7,15,17,19H,8-13H2,1-3H3/t17-/m1/s1. The van der Waals surface area contributed by atoms with Crippen molar-refractivity contribution in [1.82, 2.24) is 9.62 Å². The number of carbonyl (C=O) groups excluding carboxylic acids is 1. The predicted octanol–water partition coefficient (Wildman–Crippen LogP) is 2.65. The average molecular weight is 385 g/mol. The van der Waals surface area contributed by atoms with Gasteiger partial charge in [0.25, 0.3) is 0 Å². The zero-order valence-electron chi connectivity index (χ0n) is 15.2. The Bertz CT molecular complexity index is 666. The summed E-state index contributed by atoms with van der Waals surface area (Å²) in [6.07, 6.45) is 4.41. The Balaban J connectivity index is 2.13. The second-order valence-electron chi connectivity index (χ2n) is 6.78. The first-order valence-corrected chi connectivity index (χ1v) is 11.6. The van der Waals surface area contributed by atoms with Gasteiger partial charge >= 0.3 is 0 Å². The van der Waals surface area contributed by atoms with Crippen molar-refractivity contribution < 1.29 is 13.2 Å². The zero-order valence-corrected chi connectivity index (χ0v) is 16.8. The molecule has 1 aliphatic rings. The molecule has 25 heavy (non-hydrogen) atoms. The van der Waals surface area contributed by atoms with Crippen LogP contribution in [0.1, 0.15) is 31.7 Å². The molecule has 1 aliphatic heterocycles. The number of aryl methyl sites for hydroxylation is 1. The number of rotatable bonds is 7. The molecule has 1 fully saturated rings. The van der Waals surface area contributed by atoms with E-state index < -0.39 is 16.1 Å². The number of nitrogens with one attached hydrogen (secondary N) is 1. The third-order valence-electron chi connectivity index (χ3n) is 4.63. The molecule has 0 aliphatic carbocycles. The number of benzene rings is 1. The smallest absolute Gasteiger partial charge is 0.241 e. The maximum atomic E-state index is 12.9. The number of hydrogen-bond donors (Lipinski definition) is 1. The van der Waals surface area contributed by atoms with Crippen molar-refractivity contribution in [3.05, 3.63) is 29.8 Å². The second-order valence-corrected chi connectivity index (χ2v) is 9.48. The number of sulfonamides is 1. The van der Waals surface area contributed by atoms with E-state index in [-0.39, 0.29) is 10.8 Å². The van der Waals surface area contributed by atoms with E-state index in [2.05, 4.69) is 11.6 Å². The molecule has 5 nitrogen and oxygen atoms in total. The van der Waals surface area contributed by atoms with Crippen molar-refractivity contribution in [3.63, 3.8) is 0 Å². The maximum Gasteiger partial charge on any atom is 0.241 e. The Morgan fingerprint density at radius 2 is 1.88 bits per heavy atom. The van der Waals surface area contributed by atoms with E-state index in [1.54, 1.807) is 36.0 Å². The summed E-state index contributed by atoms with van der Waals surface area (Å²) in [6, 6.07) is 5.98. The lowest BCUT2D eigenvalue weighted by atomic mass is 9.98. The minimum Gasteiger partial charge on any atom is -0.341 e. The lowest BCUT2D eigenvalue weighted by Gasteiger charge is -2.33. The van der Waals surface area contributed by atoms with E-state index in [0.717, 1.165) is 24.2 Å². The summed E-state index contributed by atoms with van der Waals surface area (Å²) in [5, 5.41) is 0. The van der Waals surface area contributed by atoms with Crippen LogP contribution in [0.3, 0.4) is 0 Å². The van der Waals surface area contributed by atoms with Crippen molar-refractivity contribution >= 4 is 27.7 Å². The van der Waals surface area contributed by atoms with Crippen LogP contribution in [0.25, 0.3) is 0 Å². The SMILES string of the molecule is CSCC[C@@H](NS(=O)(=O)c1ccc(C)cc1)C(=O)N1CCC(C)CC1. The van der Waals surface area contributed by atoms with Crippen LogP contribution in [0.5, 0.6) is 0 Å². The normalized spacial score (nSPS) is 17.5. The first kappa shape index (κ1) is 20.3. The highest BCUT2D eigenvalue weighted by molar-refractivity contribution is 7.98. The number of thioether (sulfide) groups is 1. The number of amides is 1. The molecule has 1 heterocycles. The van der Waals surface area contributed by atoms with E-state index in [4.69, 9.17) is 0 Å². The summed E-state index contributed by atoms with van der Waals surface area (Å²) in [6.45, 7) is 5.52. The van der Waals surface area contributed by atoms with Crippen LogP contribution in [0.15, 0.2) is 29.2 Å². The number of carbonyl (C=O) groups is 1. The number of nitrogens with zero attached hydrogens (tertiary/aromatic N) is 1. The minimum atomic E-state index is -3.71. The maximum absolute atomic E-state index is 12.9. The van der Waals surface area contributed by atoms with Crippen LogP contribution in [0, 0.1) is 12.8 Å². The average Bonchev–Trinajstić information content (AvgIpc) is 2.59. The van der Waals surface area contributed by atoms with Crippen molar-refractivity contribution in [3.8, 4) is 0 Å². The first-order chi connectivity index (χ1) is 11.8. The zero-order chi connectivity index (χ0) is 18.4. The Morgan fingerprint density at radius 1 is 1.28 bits per heavy atom. The largest absolute Gasteiger partial charge is 0.341 e. The molecule has 0 spiro atoms. The molecule has 0 aromatic heterocycles. The van der Waals surface area contributed by atoms with Crippen LogP contribution in [-0.2, 0) is 14.8 Å². The quantitative estimate of drug-likeness (QED) is 0.785. The molecule has 1 aromatic rings. The van der Waals surface area contributed by atoms with Crippen LogP contribution in [0.2, 0.25) is 0 Å². The highest BCUT2D eigenvalue weighted by Crippen LogP contribution is 2.19. The predicted molar refractivity (Wildman–Crippen MR) is 103 cm³/mol. The van der Waals surface area contributed by atoms with Crippen molar-refractivity contribution in [2.45, 2.75) is 44.0 Å². The van der Waals surface area contributed by atoms with Gasteiger partial charge in [-0.2, -0.15) is 16.5 Å². The summed E-state index contributed by atoms with van der Waals surface area (Å²) >= 11 is 1.61. The molecule has 0 unspecified atom stereocenters. The fraction of sp³-hybridized carbons (Fsp3) is 0.611. The Morgan fingerprint density at radius 3 is 2.44 bits per heavy atom. The molecule has 1 aromatic carbocycles. The number of hydrogen-bond acceptors (Lipinski definition) is 4. The van der Waals surface area contributed by atoms with Crippen molar-refractivity contribution in [1.29, 1.82) is 0 Å². The fourth-order valence-corrected chi connectivity index (χ4v) is 4.59. The molecule has 2 rings (SSSR count). The molecule has 0 bridgehead atoms. The summed E-state index contributed by atoms with van der Waals surface area (Å²) in [5.41, 5.74) is 0.997. The summed E-state index contributed by atoms with van der Waals surface area (Å²) in [7, 11) is -3.71. The van der Waals surface area contributed by atoms with E-state index >= 15 is 0 Å². The van der Waals surface area contributed by atoms with Gasteiger partial charge in [-0.05, 0) is 56.2 Å². The van der Waals surface area contributed by atoms with Crippen LogP contribution < -0.4 is 4.72 Å². The van der Waals surface area contributed by atoms with Crippen LogP contribution in [0.4, 0.5) is 0 Å². The van der Waals surface area contributed by atoms with Gasteiger partial charge in [0.2, 0.25) is 15.9 Å². The van der Waals surface area contributed by atoms with Gasteiger partial charge in [-0.1, -0.05) is 24.6 Å². The minimum absolute atomic E-state index is 0.100. The Labute approximate surface area is 155 Å². The van der Waals surface area contributed by atoms with Crippen LogP contribution in [-0.4, -0.2) is 50.4 Å². The topological polar surface area (TPSA) is 66.5 Å². The molecule has 1 N–H and O–H groups in total. The lowest BCUT2D eigenvalue weighted by Crippen LogP contribution is -2.50. The van der Waals surface area contributed by atoms with Crippen molar-refractivity contribution in [2.24, 2.45) is 5.92 Å². The molecule has 1 atom stereocenters. The summed E-state index contributed by atoms with van der Waals surface area (Å²) in [4.78, 5) is 14.9. The molecule has 7 heteroatoms. The van der Waals surface area contributed by atoms with Crippen LogP contribution >= 0.6 is 11.8 Å². The van der Waals surface area contributed by atoms with Gasteiger partial charge in [0.05, 0.1) is 4.90 Å². The van der Waals surface area contributed by atoms with Gasteiger partial charge in [-0.3, -0.25) is 4.79 Å². The summed E-state index contributed by atoms with van der Waals surface area (Å²) in [5.74, 6) is 1.26. The molecule has 0 radical (unpaired) electrons. The third-order valence-corrected chi connectivity index (χ3v) is 6.76. The summed E-state index contributed by atoms with van der Waals surface area (Å²) < 4.78 is 28.0. The van der Waals surface area contributed by atoms with E-state index in [1.807, 2.05) is 18.1 Å². The van der Waals surface area contributed by atoms with E-state index in [0.29, 0.717) is 25.4 Å². The second kappa shape index (κ2) is 9.05. The fourth-order valence-electron chi connectivity index (χ4n) is 2.89. The van der Waals surface area contributed by atoms with Gasteiger partial charge in [-0.15, -0.1) is 0 Å². The molecular formula is C18H28N2O3S2. The molecule has 0 saturated carbocycles. The van der Waals surface area contributed by atoms with Gasteiger partial charge in [0, 0.05) is 13.1 Å². The van der Waals surface area contributed by atoms with Crippen molar-refractivity contribution in [2.75, 3.05) is 25.1 Å². The Hall–Kier alpha value is -1.05.